The molecule has 0 spiro atoms. The fourth-order valence-corrected chi connectivity index (χ4v) is 3.15. The highest BCUT2D eigenvalue weighted by molar-refractivity contribution is 5.54. The Morgan fingerprint density at radius 2 is 2.08 bits per heavy atom. The Bertz CT molecular complexity index is 745. The summed E-state index contributed by atoms with van der Waals surface area (Å²) in [6.45, 7) is 3.88. The van der Waals surface area contributed by atoms with Crippen LogP contribution in [0.3, 0.4) is 0 Å². The van der Waals surface area contributed by atoms with Gasteiger partial charge in [-0.3, -0.25) is 0 Å². The number of rotatable bonds is 4. The third kappa shape index (κ3) is 3.31. The van der Waals surface area contributed by atoms with Gasteiger partial charge in [-0.2, -0.15) is 0 Å². The Balaban J connectivity index is 1.92. The predicted octanol–water partition coefficient (Wildman–Crippen LogP) is 4.04. The quantitative estimate of drug-likeness (QED) is 0.888. The van der Waals surface area contributed by atoms with Crippen molar-refractivity contribution in [2.45, 2.75) is 38.5 Å². The van der Waals surface area contributed by atoms with E-state index in [9.17, 15) is 9.50 Å². The standard InChI is InChI=1S/C19H22FNO3/c1-19(2)10-16(15-6-4-13(20)9-18(15)24-19)21-14-5-7-17(23-3)12(8-14)11-22/h4-9,16,21-22H,10-11H2,1-3H3. The first-order valence-corrected chi connectivity index (χ1v) is 7.94. The van der Waals surface area contributed by atoms with Crippen molar-refractivity contribution in [1.82, 2.24) is 0 Å². The molecule has 24 heavy (non-hydrogen) atoms. The fraction of sp³-hybridized carbons (Fsp3) is 0.368. The van der Waals surface area contributed by atoms with Crippen LogP contribution in [0, 0.1) is 5.82 Å². The molecule has 0 amide bonds. The molecule has 0 saturated heterocycles. The Morgan fingerprint density at radius 1 is 1.29 bits per heavy atom. The SMILES string of the molecule is COc1ccc(NC2CC(C)(C)Oc3cc(F)ccc32)cc1CO. The Kier molecular flexibility index (Phi) is 4.37. The van der Waals surface area contributed by atoms with Gasteiger partial charge in [0.05, 0.1) is 19.8 Å². The number of fused-ring (bicyclic) bond motifs is 1. The van der Waals surface area contributed by atoms with E-state index in [0.717, 1.165) is 17.7 Å². The van der Waals surface area contributed by atoms with E-state index in [1.54, 1.807) is 13.2 Å². The third-order valence-electron chi connectivity index (χ3n) is 4.22. The molecule has 1 aliphatic heterocycles. The Hall–Kier alpha value is -2.27. The summed E-state index contributed by atoms with van der Waals surface area (Å²) >= 11 is 0. The summed E-state index contributed by atoms with van der Waals surface area (Å²) < 4.78 is 24.7. The van der Waals surface area contributed by atoms with Crippen LogP contribution in [0.15, 0.2) is 36.4 Å². The molecule has 128 valence electrons. The lowest BCUT2D eigenvalue weighted by Gasteiger charge is -2.38. The minimum Gasteiger partial charge on any atom is -0.496 e. The number of ether oxygens (including phenoxy) is 2. The number of nitrogens with one attached hydrogen (secondary N) is 1. The number of benzene rings is 2. The molecular weight excluding hydrogens is 309 g/mol. The number of aliphatic hydroxyl groups is 1. The van der Waals surface area contributed by atoms with Crippen molar-refractivity contribution in [3.63, 3.8) is 0 Å². The molecule has 0 aliphatic carbocycles. The molecule has 2 N–H and O–H groups in total. The maximum atomic E-state index is 13.5. The molecule has 0 bridgehead atoms. The molecule has 0 aromatic heterocycles. The van der Waals surface area contributed by atoms with E-state index in [4.69, 9.17) is 9.47 Å². The molecule has 2 aromatic rings. The van der Waals surface area contributed by atoms with Crippen LogP contribution in [0.5, 0.6) is 11.5 Å². The zero-order valence-corrected chi connectivity index (χ0v) is 14.1. The van der Waals surface area contributed by atoms with Crippen molar-refractivity contribution in [1.29, 1.82) is 0 Å². The zero-order chi connectivity index (χ0) is 17.3. The first-order valence-electron chi connectivity index (χ1n) is 7.94. The van der Waals surface area contributed by atoms with Crippen LogP contribution < -0.4 is 14.8 Å². The molecule has 1 unspecified atom stereocenters. The van der Waals surface area contributed by atoms with Crippen LogP contribution in [0.1, 0.15) is 37.4 Å². The average Bonchev–Trinajstić information content (AvgIpc) is 2.53. The minimum atomic E-state index is -0.398. The van der Waals surface area contributed by atoms with Crippen molar-refractivity contribution in [2.75, 3.05) is 12.4 Å². The maximum Gasteiger partial charge on any atom is 0.128 e. The minimum absolute atomic E-state index is 0.00992. The van der Waals surface area contributed by atoms with Gasteiger partial charge in [0.2, 0.25) is 0 Å². The smallest absolute Gasteiger partial charge is 0.128 e. The van der Waals surface area contributed by atoms with Gasteiger partial charge in [0.15, 0.2) is 0 Å². The van der Waals surface area contributed by atoms with Crippen molar-refractivity contribution in [2.24, 2.45) is 0 Å². The summed E-state index contributed by atoms with van der Waals surface area (Å²) in [5.41, 5.74) is 2.12. The second-order valence-corrected chi connectivity index (χ2v) is 6.63. The second-order valence-electron chi connectivity index (χ2n) is 6.63. The first-order chi connectivity index (χ1) is 11.4. The summed E-state index contributed by atoms with van der Waals surface area (Å²) in [6, 6.07) is 10.2. The number of anilines is 1. The number of halogens is 1. The van der Waals surface area contributed by atoms with E-state index in [2.05, 4.69) is 5.32 Å². The highest BCUT2D eigenvalue weighted by Gasteiger charge is 2.34. The largest absolute Gasteiger partial charge is 0.496 e. The molecule has 3 rings (SSSR count). The molecule has 0 radical (unpaired) electrons. The van der Waals surface area contributed by atoms with Gasteiger partial charge < -0.3 is 19.9 Å². The van der Waals surface area contributed by atoms with Crippen molar-refractivity contribution < 1.29 is 19.0 Å². The van der Waals surface area contributed by atoms with E-state index in [-0.39, 0.29) is 18.5 Å². The molecule has 0 saturated carbocycles. The van der Waals surface area contributed by atoms with Crippen molar-refractivity contribution in [3.05, 3.63) is 53.3 Å². The van der Waals surface area contributed by atoms with Gasteiger partial charge in [0.1, 0.15) is 22.9 Å². The summed E-state index contributed by atoms with van der Waals surface area (Å²) in [4.78, 5) is 0. The molecule has 0 fully saturated rings. The Labute approximate surface area is 141 Å². The summed E-state index contributed by atoms with van der Waals surface area (Å²) in [6.07, 6.45) is 0.742. The maximum absolute atomic E-state index is 13.5. The van der Waals surface area contributed by atoms with Crippen LogP contribution in [0.4, 0.5) is 10.1 Å². The molecular formula is C19H22FNO3. The molecule has 4 nitrogen and oxygen atoms in total. The van der Waals surface area contributed by atoms with E-state index < -0.39 is 5.60 Å². The van der Waals surface area contributed by atoms with Crippen LogP contribution in [-0.4, -0.2) is 17.8 Å². The molecule has 1 atom stereocenters. The van der Waals surface area contributed by atoms with E-state index >= 15 is 0 Å². The Morgan fingerprint density at radius 3 is 2.79 bits per heavy atom. The predicted molar refractivity (Wildman–Crippen MR) is 91.0 cm³/mol. The topological polar surface area (TPSA) is 50.7 Å². The first kappa shape index (κ1) is 16.6. The second kappa shape index (κ2) is 6.32. The zero-order valence-electron chi connectivity index (χ0n) is 14.1. The van der Waals surface area contributed by atoms with Gasteiger partial charge in [-0.15, -0.1) is 0 Å². The number of aliphatic hydroxyl groups excluding tert-OH is 1. The van der Waals surface area contributed by atoms with Crippen LogP contribution in [-0.2, 0) is 6.61 Å². The lowest BCUT2D eigenvalue weighted by molar-refractivity contribution is 0.0754. The van der Waals surface area contributed by atoms with E-state index in [1.165, 1.54) is 12.1 Å². The number of hydrogen-bond donors (Lipinski definition) is 2. The molecule has 5 heteroatoms. The highest BCUT2D eigenvalue weighted by atomic mass is 19.1. The summed E-state index contributed by atoms with van der Waals surface area (Å²) in [5.74, 6) is 0.912. The van der Waals surface area contributed by atoms with Gasteiger partial charge in [-0.1, -0.05) is 6.07 Å². The van der Waals surface area contributed by atoms with Crippen LogP contribution in [0.2, 0.25) is 0 Å². The van der Waals surface area contributed by atoms with Gasteiger partial charge in [0, 0.05) is 29.3 Å². The molecule has 1 aliphatic rings. The van der Waals surface area contributed by atoms with Crippen LogP contribution >= 0.6 is 0 Å². The third-order valence-corrected chi connectivity index (χ3v) is 4.22. The van der Waals surface area contributed by atoms with Crippen LogP contribution in [0.25, 0.3) is 0 Å². The van der Waals surface area contributed by atoms with E-state index in [0.29, 0.717) is 17.1 Å². The molecule has 2 aromatic carbocycles. The monoisotopic (exact) mass is 331 g/mol. The number of hydrogen-bond acceptors (Lipinski definition) is 4. The van der Waals surface area contributed by atoms with Crippen molar-refractivity contribution >= 4 is 5.69 Å². The number of methoxy groups -OCH3 is 1. The summed E-state index contributed by atoms with van der Waals surface area (Å²) in [5, 5.41) is 13.0. The fourth-order valence-electron chi connectivity index (χ4n) is 3.15. The van der Waals surface area contributed by atoms with Gasteiger partial charge in [0.25, 0.3) is 0 Å². The van der Waals surface area contributed by atoms with Crippen molar-refractivity contribution in [3.8, 4) is 11.5 Å². The molecule has 1 heterocycles. The average molecular weight is 331 g/mol. The van der Waals surface area contributed by atoms with E-state index in [1.807, 2.05) is 32.0 Å². The van der Waals surface area contributed by atoms with Gasteiger partial charge in [-0.25, -0.2) is 4.39 Å². The lowest BCUT2D eigenvalue weighted by Crippen LogP contribution is -2.37. The highest BCUT2D eigenvalue weighted by Crippen LogP contribution is 2.41. The normalized spacial score (nSPS) is 18.5. The summed E-state index contributed by atoms with van der Waals surface area (Å²) in [7, 11) is 1.58. The van der Waals surface area contributed by atoms with Gasteiger partial charge in [-0.05, 0) is 38.1 Å². The van der Waals surface area contributed by atoms with Gasteiger partial charge >= 0.3 is 0 Å². The lowest BCUT2D eigenvalue weighted by atomic mass is 9.89.